The van der Waals surface area contributed by atoms with Gasteiger partial charge in [-0.3, -0.25) is 0 Å². The molecule has 4 rings (SSSR count). The zero-order valence-corrected chi connectivity index (χ0v) is 18.1. The first kappa shape index (κ1) is 20.0. The molecule has 0 aliphatic carbocycles. The second kappa shape index (κ2) is 8.63. The van der Waals surface area contributed by atoms with E-state index in [1.54, 1.807) is 40.2 Å². The van der Waals surface area contributed by atoms with Crippen LogP contribution < -0.4 is 18.9 Å². The van der Waals surface area contributed by atoms with Crippen molar-refractivity contribution in [3.63, 3.8) is 0 Å². The first-order valence-corrected chi connectivity index (χ1v) is 10.2. The third kappa shape index (κ3) is 3.55. The van der Waals surface area contributed by atoms with Gasteiger partial charge in [-0.1, -0.05) is 54.2 Å². The van der Waals surface area contributed by atoms with Crippen molar-refractivity contribution < 1.29 is 18.9 Å². The van der Waals surface area contributed by atoms with Crippen LogP contribution in [0, 0.1) is 0 Å². The molecule has 30 heavy (non-hydrogen) atoms. The van der Waals surface area contributed by atoms with E-state index in [2.05, 4.69) is 23.2 Å². The highest BCUT2D eigenvalue weighted by Gasteiger charge is 2.19. The molecule has 6 heteroatoms. The molecule has 1 N–H and O–H groups in total. The molecular formula is C24H23NO4S. The van der Waals surface area contributed by atoms with Crippen LogP contribution in [0.4, 0.5) is 0 Å². The molecule has 0 unspecified atom stereocenters. The van der Waals surface area contributed by atoms with E-state index in [0.29, 0.717) is 17.2 Å². The van der Waals surface area contributed by atoms with E-state index >= 15 is 0 Å². The van der Waals surface area contributed by atoms with E-state index in [0.717, 1.165) is 37.7 Å². The van der Waals surface area contributed by atoms with Crippen LogP contribution in [0.3, 0.4) is 0 Å². The Balaban J connectivity index is 1.91. The van der Waals surface area contributed by atoms with Crippen LogP contribution in [0.25, 0.3) is 22.2 Å². The average Bonchev–Trinajstić information content (AvgIpc) is 3.17. The highest BCUT2D eigenvalue weighted by molar-refractivity contribution is 7.99. The number of benzene rings is 3. The third-order valence-corrected chi connectivity index (χ3v) is 5.99. The smallest absolute Gasteiger partial charge is 0.203 e. The maximum Gasteiger partial charge on any atom is 0.203 e. The molecule has 0 fully saturated rings. The van der Waals surface area contributed by atoms with E-state index in [-0.39, 0.29) is 0 Å². The van der Waals surface area contributed by atoms with Gasteiger partial charge in [-0.15, -0.1) is 0 Å². The Hall–Kier alpha value is -3.25. The highest BCUT2D eigenvalue weighted by atomic mass is 32.2. The zero-order chi connectivity index (χ0) is 21.1. The number of ether oxygens (including phenoxy) is 4. The Morgan fingerprint density at radius 2 is 1.37 bits per heavy atom. The number of hydrogen-bond donors (Lipinski definition) is 1. The first-order chi connectivity index (χ1) is 14.7. The highest BCUT2D eigenvalue weighted by Crippen LogP contribution is 2.47. The van der Waals surface area contributed by atoms with Crippen LogP contribution in [0.2, 0.25) is 0 Å². The number of hydrogen-bond acceptors (Lipinski definition) is 5. The molecule has 5 nitrogen and oxygen atoms in total. The quantitative estimate of drug-likeness (QED) is 0.395. The minimum Gasteiger partial charge on any atom is -0.495 e. The lowest BCUT2D eigenvalue weighted by Gasteiger charge is -2.14. The summed E-state index contributed by atoms with van der Waals surface area (Å²) >= 11 is 1.64. The predicted molar refractivity (Wildman–Crippen MR) is 121 cm³/mol. The van der Waals surface area contributed by atoms with E-state index in [4.69, 9.17) is 18.9 Å². The monoisotopic (exact) mass is 421 g/mol. The molecule has 3 aromatic carbocycles. The molecular weight excluding hydrogens is 398 g/mol. The van der Waals surface area contributed by atoms with Crippen molar-refractivity contribution in [1.29, 1.82) is 0 Å². The van der Waals surface area contributed by atoms with Crippen LogP contribution >= 0.6 is 11.8 Å². The molecule has 0 bridgehead atoms. The Kier molecular flexibility index (Phi) is 5.77. The van der Waals surface area contributed by atoms with Crippen molar-refractivity contribution in [1.82, 2.24) is 4.98 Å². The summed E-state index contributed by atoms with van der Waals surface area (Å²) < 4.78 is 22.1. The third-order valence-electron chi connectivity index (χ3n) is 4.89. The molecule has 0 amide bonds. The fourth-order valence-electron chi connectivity index (χ4n) is 3.48. The summed E-state index contributed by atoms with van der Waals surface area (Å²) in [4.78, 5) is 5.65. The van der Waals surface area contributed by atoms with Crippen molar-refractivity contribution >= 4 is 22.7 Å². The minimum absolute atomic E-state index is 0.577. The Morgan fingerprint density at radius 3 is 1.97 bits per heavy atom. The Bertz CT molecular complexity index is 1150. The molecule has 0 saturated heterocycles. The normalized spacial score (nSPS) is 10.8. The van der Waals surface area contributed by atoms with E-state index in [9.17, 15) is 0 Å². The minimum atomic E-state index is 0.577. The maximum atomic E-state index is 5.59. The lowest BCUT2D eigenvalue weighted by Crippen LogP contribution is -1.95. The largest absolute Gasteiger partial charge is 0.495 e. The predicted octanol–water partition coefficient (Wildman–Crippen LogP) is 6.02. The number of H-pyrrole nitrogens is 1. The molecule has 1 heterocycles. The summed E-state index contributed by atoms with van der Waals surface area (Å²) in [7, 11) is 6.53. The van der Waals surface area contributed by atoms with Gasteiger partial charge in [0.15, 0.2) is 11.5 Å². The number of rotatable bonds is 7. The molecule has 0 atom stereocenters. The van der Waals surface area contributed by atoms with Crippen molar-refractivity contribution in [3.8, 4) is 34.3 Å². The summed E-state index contributed by atoms with van der Waals surface area (Å²) in [5, 5.41) is 1.09. The fraction of sp³-hybridized carbons (Fsp3) is 0.167. The van der Waals surface area contributed by atoms with Crippen LogP contribution in [0.15, 0.2) is 70.5 Å². The van der Waals surface area contributed by atoms with Gasteiger partial charge in [0.2, 0.25) is 5.75 Å². The summed E-state index contributed by atoms with van der Waals surface area (Å²) in [5.74, 6) is 2.63. The summed E-state index contributed by atoms with van der Waals surface area (Å²) in [6, 6.07) is 20.2. The zero-order valence-electron chi connectivity index (χ0n) is 17.3. The van der Waals surface area contributed by atoms with Gasteiger partial charge in [0.25, 0.3) is 0 Å². The van der Waals surface area contributed by atoms with Gasteiger partial charge in [0.05, 0.1) is 39.6 Å². The molecule has 4 aromatic rings. The number of para-hydroxylation sites is 1. The van der Waals surface area contributed by atoms with Gasteiger partial charge < -0.3 is 23.9 Å². The number of methoxy groups -OCH3 is 4. The summed E-state index contributed by atoms with van der Waals surface area (Å²) in [5.41, 5.74) is 3.10. The number of aromatic nitrogens is 1. The molecule has 0 aliphatic rings. The number of aromatic amines is 1. The van der Waals surface area contributed by atoms with Crippen LogP contribution in [0.1, 0.15) is 0 Å². The van der Waals surface area contributed by atoms with Crippen LogP contribution in [-0.4, -0.2) is 33.4 Å². The standard InChI is InChI=1S/C24H23NO4S/c1-26-18-12-8-11-17-22(18)25-21(15-9-6-5-7-10-15)24(17)30-16-13-19(27-2)23(29-4)20(14-16)28-3/h5-14,25H,1-4H3. The van der Waals surface area contributed by atoms with Gasteiger partial charge in [0, 0.05) is 15.2 Å². The molecule has 154 valence electrons. The van der Waals surface area contributed by atoms with Crippen LogP contribution in [0.5, 0.6) is 23.0 Å². The maximum absolute atomic E-state index is 5.59. The number of fused-ring (bicyclic) bond motifs is 1. The topological polar surface area (TPSA) is 52.7 Å². The molecule has 0 radical (unpaired) electrons. The van der Waals surface area contributed by atoms with Gasteiger partial charge in [0.1, 0.15) is 5.75 Å². The van der Waals surface area contributed by atoms with Gasteiger partial charge in [-0.25, -0.2) is 0 Å². The lowest BCUT2D eigenvalue weighted by molar-refractivity contribution is 0.323. The summed E-state index contributed by atoms with van der Waals surface area (Å²) in [6.45, 7) is 0. The van der Waals surface area contributed by atoms with Crippen molar-refractivity contribution in [3.05, 3.63) is 60.7 Å². The molecule has 0 aliphatic heterocycles. The fourth-order valence-corrected chi connectivity index (χ4v) is 4.60. The van der Waals surface area contributed by atoms with E-state index in [1.807, 2.05) is 42.5 Å². The van der Waals surface area contributed by atoms with E-state index < -0.39 is 0 Å². The van der Waals surface area contributed by atoms with Crippen molar-refractivity contribution in [2.45, 2.75) is 9.79 Å². The van der Waals surface area contributed by atoms with Crippen molar-refractivity contribution in [2.75, 3.05) is 28.4 Å². The second-order valence-corrected chi connectivity index (χ2v) is 7.62. The Morgan fingerprint density at radius 1 is 0.700 bits per heavy atom. The van der Waals surface area contributed by atoms with Gasteiger partial charge >= 0.3 is 0 Å². The average molecular weight is 422 g/mol. The Labute approximate surface area is 179 Å². The van der Waals surface area contributed by atoms with Crippen molar-refractivity contribution in [2.24, 2.45) is 0 Å². The van der Waals surface area contributed by atoms with Crippen LogP contribution in [-0.2, 0) is 0 Å². The molecule has 1 aromatic heterocycles. The molecule has 0 saturated carbocycles. The van der Waals surface area contributed by atoms with Gasteiger partial charge in [-0.05, 0) is 23.8 Å². The summed E-state index contributed by atoms with van der Waals surface area (Å²) in [6.07, 6.45) is 0. The second-order valence-electron chi connectivity index (χ2n) is 6.54. The lowest BCUT2D eigenvalue weighted by atomic mass is 10.1. The SMILES string of the molecule is COc1cc(Sc2c(-c3ccccc3)[nH]c3c(OC)cccc23)cc(OC)c1OC. The van der Waals surface area contributed by atoms with E-state index in [1.165, 1.54) is 0 Å². The molecule has 0 spiro atoms. The van der Waals surface area contributed by atoms with Gasteiger partial charge in [-0.2, -0.15) is 0 Å². The number of nitrogens with one attached hydrogen (secondary N) is 1. The first-order valence-electron chi connectivity index (χ1n) is 9.42.